The van der Waals surface area contributed by atoms with Crippen LogP contribution >= 0.6 is 0 Å². The van der Waals surface area contributed by atoms with Crippen LogP contribution in [0, 0.1) is 0 Å². The average Bonchev–Trinajstić information content (AvgIpc) is 3.18. The van der Waals surface area contributed by atoms with Crippen LogP contribution in [0.25, 0.3) is 21.8 Å². The van der Waals surface area contributed by atoms with E-state index in [0.717, 1.165) is 10.9 Å². The van der Waals surface area contributed by atoms with E-state index in [2.05, 4.69) is 4.98 Å². The Kier molecular flexibility index (Phi) is 2.74. The maximum Gasteiger partial charge on any atom is 0.274 e. The molecule has 0 unspecified atom stereocenters. The molecular formula is C17H14N4O2. The third-order valence-corrected chi connectivity index (χ3v) is 4.19. The molecule has 4 rings (SSSR count). The summed E-state index contributed by atoms with van der Waals surface area (Å²) in [7, 11) is 3.50. The first-order valence-corrected chi connectivity index (χ1v) is 7.19. The fraction of sp³-hybridized carbons (Fsp3) is 0.118. The molecular weight excluding hydrogens is 292 g/mol. The van der Waals surface area contributed by atoms with Crippen LogP contribution in [0.15, 0.2) is 54.0 Å². The van der Waals surface area contributed by atoms with Crippen molar-refractivity contribution in [2.45, 2.75) is 0 Å². The summed E-state index contributed by atoms with van der Waals surface area (Å²) < 4.78 is 4.71. The molecule has 3 heterocycles. The van der Waals surface area contributed by atoms with Crippen molar-refractivity contribution in [1.82, 2.24) is 18.7 Å². The number of hydrogen-bond acceptors (Lipinski definition) is 3. The molecule has 3 aromatic heterocycles. The highest BCUT2D eigenvalue weighted by Gasteiger charge is 2.20. The zero-order chi connectivity index (χ0) is 16.1. The second-order valence-corrected chi connectivity index (χ2v) is 5.53. The molecule has 114 valence electrons. The third kappa shape index (κ3) is 1.78. The molecule has 0 fully saturated rings. The Morgan fingerprint density at radius 1 is 1.17 bits per heavy atom. The van der Waals surface area contributed by atoms with Gasteiger partial charge in [-0.05, 0) is 6.07 Å². The van der Waals surface area contributed by atoms with E-state index < -0.39 is 0 Å². The van der Waals surface area contributed by atoms with E-state index in [1.165, 1.54) is 15.5 Å². The summed E-state index contributed by atoms with van der Waals surface area (Å²) in [5, 5.41) is 1.58. The number of para-hydroxylation sites is 1. The standard InChI is InChI=1S/C17H14N4O2/c1-19-9-12(16(22)21-8-7-18-10-21)14-11-5-3-4-6-13(11)20(2)15(14)17(19)23/h3-10H,1-2H3. The summed E-state index contributed by atoms with van der Waals surface area (Å²) in [6, 6.07) is 7.70. The average molecular weight is 306 g/mol. The summed E-state index contributed by atoms with van der Waals surface area (Å²) in [4.78, 5) is 29.4. The van der Waals surface area contributed by atoms with E-state index >= 15 is 0 Å². The molecule has 0 N–H and O–H groups in total. The molecule has 0 aliphatic carbocycles. The van der Waals surface area contributed by atoms with Gasteiger partial charge in [0.1, 0.15) is 11.8 Å². The predicted octanol–water partition coefficient (Wildman–Crippen LogP) is 1.92. The van der Waals surface area contributed by atoms with Crippen molar-refractivity contribution in [1.29, 1.82) is 0 Å². The second kappa shape index (κ2) is 4.67. The number of carbonyl (C=O) groups is 1. The Bertz CT molecular complexity index is 1120. The van der Waals surface area contributed by atoms with Crippen molar-refractivity contribution in [3.63, 3.8) is 0 Å². The molecule has 0 atom stereocenters. The minimum Gasteiger partial charge on any atom is -0.339 e. The van der Waals surface area contributed by atoms with Crippen LogP contribution in [-0.2, 0) is 14.1 Å². The molecule has 0 saturated heterocycles. The molecule has 0 amide bonds. The van der Waals surface area contributed by atoms with Crippen LogP contribution in [0.1, 0.15) is 10.4 Å². The molecule has 0 aliphatic rings. The molecule has 6 nitrogen and oxygen atoms in total. The van der Waals surface area contributed by atoms with E-state index in [1.807, 2.05) is 35.9 Å². The highest BCUT2D eigenvalue weighted by atomic mass is 16.2. The fourth-order valence-electron chi connectivity index (χ4n) is 3.08. The highest BCUT2D eigenvalue weighted by Crippen LogP contribution is 2.29. The van der Waals surface area contributed by atoms with Crippen molar-refractivity contribution < 1.29 is 4.79 Å². The second-order valence-electron chi connectivity index (χ2n) is 5.53. The predicted molar refractivity (Wildman–Crippen MR) is 87.6 cm³/mol. The fourth-order valence-corrected chi connectivity index (χ4v) is 3.08. The van der Waals surface area contributed by atoms with E-state index in [0.29, 0.717) is 16.5 Å². The number of aromatic nitrogens is 4. The number of hydrogen-bond donors (Lipinski definition) is 0. The van der Waals surface area contributed by atoms with Crippen molar-refractivity contribution in [3.05, 3.63) is 65.1 Å². The van der Waals surface area contributed by atoms with Gasteiger partial charge in [0.2, 0.25) is 0 Å². The molecule has 0 saturated carbocycles. The highest BCUT2D eigenvalue weighted by molar-refractivity contribution is 6.18. The van der Waals surface area contributed by atoms with Crippen molar-refractivity contribution in [2.24, 2.45) is 14.1 Å². The quantitative estimate of drug-likeness (QED) is 0.540. The third-order valence-electron chi connectivity index (χ3n) is 4.19. The molecule has 0 aliphatic heterocycles. The van der Waals surface area contributed by atoms with Gasteiger partial charge in [-0.15, -0.1) is 0 Å². The van der Waals surface area contributed by atoms with Gasteiger partial charge in [0.25, 0.3) is 11.5 Å². The first-order chi connectivity index (χ1) is 11.1. The lowest BCUT2D eigenvalue weighted by atomic mass is 10.1. The number of rotatable bonds is 1. The summed E-state index contributed by atoms with van der Waals surface area (Å²) in [6.07, 6.45) is 6.22. The summed E-state index contributed by atoms with van der Waals surface area (Å²) in [5.41, 5.74) is 1.81. The minimum absolute atomic E-state index is 0.124. The maximum absolute atomic E-state index is 12.8. The lowest BCUT2D eigenvalue weighted by molar-refractivity contribution is 0.0960. The molecule has 23 heavy (non-hydrogen) atoms. The Morgan fingerprint density at radius 2 is 1.96 bits per heavy atom. The normalized spacial score (nSPS) is 11.4. The summed E-state index contributed by atoms with van der Waals surface area (Å²) in [6.45, 7) is 0. The minimum atomic E-state index is -0.209. The lowest BCUT2D eigenvalue weighted by Crippen LogP contribution is -2.22. The molecule has 0 bridgehead atoms. The van der Waals surface area contributed by atoms with Gasteiger partial charge in [0.15, 0.2) is 0 Å². The number of aryl methyl sites for hydroxylation is 2. The van der Waals surface area contributed by atoms with Gasteiger partial charge in [0.05, 0.1) is 5.56 Å². The lowest BCUT2D eigenvalue weighted by Gasteiger charge is -2.07. The van der Waals surface area contributed by atoms with Gasteiger partial charge >= 0.3 is 0 Å². The monoisotopic (exact) mass is 306 g/mol. The molecule has 0 spiro atoms. The molecule has 0 radical (unpaired) electrons. The molecule has 4 aromatic rings. The maximum atomic E-state index is 12.8. The first kappa shape index (κ1) is 13.5. The number of fused-ring (bicyclic) bond motifs is 3. The number of nitrogens with zero attached hydrogens (tertiary/aromatic N) is 4. The number of carbonyl (C=O) groups excluding carboxylic acids is 1. The first-order valence-electron chi connectivity index (χ1n) is 7.19. The van der Waals surface area contributed by atoms with Gasteiger partial charge in [0, 0.05) is 49.0 Å². The van der Waals surface area contributed by atoms with Crippen molar-refractivity contribution in [3.8, 4) is 0 Å². The summed E-state index contributed by atoms with van der Waals surface area (Å²) >= 11 is 0. The van der Waals surface area contributed by atoms with Crippen LogP contribution in [0.5, 0.6) is 0 Å². The molecule has 6 heteroatoms. The van der Waals surface area contributed by atoms with Crippen LogP contribution in [0.4, 0.5) is 0 Å². The topological polar surface area (TPSA) is 61.8 Å². The number of imidazole rings is 1. The van der Waals surface area contributed by atoms with Crippen LogP contribution in [0.2, 0.25) is 0 Å². The SMILES string of the molecule is Cn1cc(C(=O)n2ccnc2)c2c3ccccc3n(C)c2c1=O. The Labute approximate surface area is 131 Å². The summed E-state index contributed by atoms with van der Waals surface area (Å²) in [5.74, 6) is -0.209. The van der Waals surface area contributed by atoms with Crippen molar-refractivity contribution >= 4 is 27.7 Å². The van der Waals surface area contributed by atoms with E-state index in [4.69, 9.17) is 0 Å². The Morgan fingerprint density at radius 3 is 2.70 bits per heavy atom. The van der Waals surface area contributed by atoms with Crippen LogP contribution in [-0.4, -0.2) is 24.6 Å². The van der Waals surface area contributed by atoms with Crippen molar-refractivity contribution in [2.75, 3.05) is 0 Å². The number of pyridine rings is 1. The Hall–Kier alpha value is -3.15. The van der Waals surface area contributed by atoms with Gasteiger partial charge in [-0.2, -0.15) is 0 Å². The van der Waals surface area contributed by atoms with E-state index in [1.54, 1.807) is 25.6 Å². The molecule has 1 aromatic carbocycles. The van der Waals surface area contributed by atoms with E-state index in [-0.39, 0.29) is 11.5 Å². The number of benzene rings is 1. The zero-order valence-corrected chi connectivity index (χ0v) is 12.7. The Balaban J connectivity index is 2.21. The largest absolute Gasteiger partial charge is 0.339 e. The smallest absolute Gasteiger partial charge is 0.274 e. The van der Waals surface area contributed by atoms with Gasteiger partial charge in [-0.1, -0.05) is 18.2 Å². The van der Waals surface area contributed by atoms with Gasteiger partial charge < -0.3 is 9.13 Å². The zero-order valence-electron chi connectivity index (χ0n) is 12.7. The van der Waals surface area contributed by atoms with Gasteiger partial charge in [-0.25, -0.2) is 4.98 Å². The van der Waals surface area contributed by atoms with Crippen LogP contribution < -0.4 is 5.56 Å². The van der Waals surface area contributed by atoms with E-state index in [9.17, 15) is 9.59 Å². The van der Waals surface area contributed by atoms with Crippen LogP contribution in [0.3, 0.4) is 0 Å². The van der Waals surface area contributed by atoms with Gasteiger partial charge in [-0.3, -0.25) is 14.2 Å².